The number of carbonyl (C=O) groups is 1. The maximum Gasteiger partial charge on any atom is 0.165 e. The number of nitrogens with two attached hydrogens (primary N) is 1. The number of nitrogen functional groups attached to an aromatic ring is 1. The number of thiophene rings is 1. The molecule has 0 saturated carbocycles. The van der Waals surface area contributed by atoms with Crippen molar-refractivity contribution in [1.82, 2.24) is 0 Å². The lowest BCUT2D eigenvalue weighted by molar-refractivity contribution is 0.0984. The maximum absolute atomic E-state index is 12.0. The predicted molar refractivity (Wildman–Crippen MR) is 75.5 cm³/mol. The summed E-state index contributed by atoms with van der Waals surface area (Å²) in [5.41, 5.74) is 6.95. The number of carbonyl (C=O) groups excluding carboxylic acids is 1. The Hall–Kier alpha value is -1.13. The van der Waals surface area contributed by atoms with Crippen LogP contribution in [0.5, 0.6) is 0 Å². The average Bonchev–Trinajstić information content (AvgIpc) is 2.82. The summed E-state index contributed by atoms with van der Waals surface area (Å²) in [5.74, 6) is 0.0946. The summed E-state index contributed by atoms with van der Waals surface area (Å²) in [6, 6.07) is 9.42. The minimum Gasteiger partial charge on any atom is -0.398 e. The van der Waals surface area contributed by atoms with Crippen LogP contribution in [0.1, 0.15) is 21.7 Å². The van der Waals surface area contributed by atoms with Gasteiger partial charge in [0.05, 0.1) is 0 Å². The van der Waals surface area contributed by atoms with Crippen LogP contribution >= 0.6 is 27.3 Å². The van der Waals surface area contributed by atoms with E-state index in [0.29, 0.717) is 17.7 Å². The van der Waals surface area contributed by atoms with Crippen LogP contribution in [0.3, 0.4) is 0 Å². The molecule has 0 amide bonds. The van der Waals surface area contributed by atoms with Crippen LogP contribution in [0.25, 0.3) is 0 Å². The molecule has 2 aromatic rings. The third kappa shape index (κ3) is 3.17. The molecule has 0 aliphatic carbocycles. The zero-order valence-electron chi connectivity index (χ0n) is 9.15. The first-order chi connectivity index (χ1) is 8.16. The highest BCUT2D eigenvalue weighted by Crippen LogP contribution is 2.21. The third-order valence-electron chi connectivity index (χ3n) is 2.49. The molecule has 1 aromatic carbocycles. The van der Waals surface area contributed by atoms with Crippen molar-refractivity contribution in [1.29, 1.82) is 0 Å². The van der Waals surface area contributed by atoms with E-state index in [2.05, 4.69) is 15.9 Å². The Bertz CT molecular complexity index is 522. The summed E-state index contributed by atoms with van der Waals surface area (Å²) in [4.78, 5) is 13.2. The minimum atomic E-state index is 0.0946. The molecule has 88 valence electrons. The van der Waals surface area contributed by atoms with Gasteiger partial charge < -0.3 is 5.73 Å². The van der Waals surface area contributed by atoms with E-state index in [4.69, 9.17) is 5.73 Å². The smallest absolute Gasteiger partial charge is 0.165 e. The number of Topliss-reactive ketones (excluding diaryl/α,β-unsaturated/α-hetero) is 1. The molecule has 2 rings (SSSR count). The summed E-state index contributed by atoms with van der Waals surface area (Å²) in [5, 5.41) is 2.02. The molecule has 17 heavy (non-hydrogen) atoms. The zero-order valence-corrected chi connectivity index (χ0v) is 11.6. The Morgan fingerprint density at radius 2 is 2.18 bits per heavy atom. The molecule has 0 aliphatic rings. The van der Waals surface area contributed by atoms with Crippen LogP contribution in [0.2, 0.25) is 0 Å². The van der Waals surface area contributed by atoms with Gasteiger partial charge in [0.1, 0.15) is 0 Å². The number of anilines is 1. The van der Waals surface area contributed by atoms with E-state index >= 15 is 0 Å². The van der Waals surface area contributed by atoms with Gasteiger partial charge in [0.25, 0.3) is 0 Å². The van der Waals surface area contributed by atoms with Crippen LogP contribution in [0.4, 0.5) is 5.69 Å². The second-order valence-electron chi connectivity index (χ2n) is 3.73. The van der Waals surface area contributed by atoms with Gasteiger partial charge in [-0.1, -0.05) is 22.0 Å². The number of benzene rings is 1. The molecule has 0 saturated heterocycles. The molecule has 4 heteroatoms. The number of rotatable bonds is 4. The van der Waals surface area contributed by atoms with E-state index in [9.17, 15) is 4.79 Å². The Kier molecular flexibility index (Phi) is 3.97. The molecule has 0 radical (unpaired) electrons. The maximum atomic E-state index is 12.0. The van der Waals surface area contributed by atoms with Gasteiger partial charge in [0, 0.05) is 27.0 Å². The minimum absolute atomic E-state index is 0.0946. The van der Waals surface area contributed by atoms with Gasteiger partial charge in [-0.3, -0.25) is 4.79 Å². The quantitative estimate of drug-likeness (QED) is 0.687. The van der Waals surface area contributed by atoms with E-state index in [-0.39, 0.29) is 5.78 Å². The van der Waals surface area contributed by atoms with Crippen LogP contribution in [0.15, 0.2) is 40.2 Å². The van der Waals surface area contributed by atoms with Crippen molar-refractivity contribution in [3.8, 4) is 0 Å². The SMILES string of the molecule is Nc1ccc(Br)cc1C(=O)CCc1cccs1. The molecular formula is C13H12BrNOS. The first-order valence-corrected chi connectivity index (χ1v) is 6.94. The van der Waals surface area contributed by atoms with E-state index in [0.717, 1.165) is 10.9 Å². The summed E-state index contributed by atoms with van der Waals surface area (Å²) < 4.78 is 0.881. The molecule has 0 atom stereocenters. The van der Waals surface area contributed by atoms with Gasteiger partial charge in [0.15, 0.2) is 5.78 Å². The van der Waals surface area contributed by atoms with Crippen LogP contribution in [-0.4, -0.2) is 5.78 Å². The predicted octanol–water partition coefficient (Wildman–Crippen LogP) is 3.91. The molecule has 0 spiro atoms. The standard InChI is InChI=1S/C13H12BrNOS/c14-9-3-5-12(15)11(8-9)13(16)6-4-10-2-1-7-17-10/h1-3,5,7-8H,4,6,15H2. The normalized spacial score (nSPS) is 10.4. The summed E-state index contributed by atoms with van der Waals surface area (Å²) in [6.45, 7) is 0. The van der Waals surface area contributed by atoms with Crippen LogP contribution in [0, 0.1) is 0 Å². The molecule has 1 aromatic heterocycles. The van der Waals surface area contributed by atoms with Gasteiger partial charge in [-0.05, 0) is 36.1 Å². The van der Waals surface area contributed by atoms with E-state index in [1.165, 1.54) is 4.88 Å². The number of aryl methyl sites for hydroxylation is 1. The first-order valence-electron chi connectivity index (χ1n) is 5.27. The van der Waals surface area contributed by atoms with Crippen molar-refractivity contribution in [2.45, 2.75) is 12.8 Å². The van der Waals surface area contributed by atoms with Gasteiger partial charge in [-0.25, -0.2) is 0 Å². The van der Waals surface area contributed by atoms with Crippen molar-refractivity contribution in [2.75, 3.05) is 5.73 Å². The Morgan fingerprint density at radius 3 is 2.88 bits per heavy atom. The molecule has 1 heterocycles. The fourth-order valence-electron chi connectivity index (χ4n) is 1.60. The molecule has 2 nitrogen and oxygen atoms in total. The Labute approximate surface area is 113 Å². The lowest BCUT2D eigenvalue weighted by Gasteiger charge is -2.04. The number of ketones is 1. The van der Waals surface area contributed by atoms with Crippen molar-refractivity contribution >= 4 is 38.7 Å². The second kappa shape index (κ2) is 5.47. The fourth-order valence-corrected chi connectivity index (χ4v) is 2.67. The molecule has 2 N–H and O–H groups in total. The van der Waals surface area contributed by atoms with Gasteiger partial charge in [-0.2, -0.15) is 0 Å². The zero-order chi connectivity index (χ0) is 12.3. The second-order valence-corrected chi connectivity index (χ2v) is 5.68. The topological polar surface area (TPSA) is 43.1 Å². The highest BCUT2D eigenvalue weighted by molar-refractivity contribution is 9.10. The highest BCUT2D eigenvalue weighted by atomic mass is 79.9. The highest BCUT2D eigenvalue weighted by Gasteiger charge is 2.10. The van der Waals surface area contributed by atoms with Gasteiger partial charge in [-0.15, -0.1) is 11.3 Å². The lowest BCUT2D eigenvalue weighted by atomic mass is 10.0. The first kappa shape index (κ1) is 12.3. The monoisotopic (exact) mass is 309 g/mol. The Morgan fingerprint density at radius 1 is 1.35 bits per heavy atom. The van der Waals surface area contributed by atoms with Crippen molar-refractivity contribution in [3.63, 3.8) is 0 Å². The molecule has 0 bridgehead atoms. The largest absolute Gasteiger partial charge is 0.398 e. The average molecular weight is 310 g/mol. The van der Waals surface area contributed by atoms with Crippen LogP contribution in [-0.2, 0) is 6.42 Å². The summed E-state index contributed by atoms with van der Waals surface area (Å²) in [7, 11) is 0. The lowest BCUT2D eigenvalue weighted by Crippen LogP contribution is -2.04. The molecule has 0 fully saturated rings. The molecule has 0 aliphatic heterocycles. The van der Waals surface area contributed by atoms with Crippen molar-refractivity contribution in [3.05, 3.63) is 50.6 Å². The molecular weight excluding hydrogens is 298 g/mol. The third-order valence-corrected chi connectivity index (χ3v) is 3.92. The number of hydrogen-bond acceptors (Lipinski definition) is 3. The summed E-state index contributed by atoms with van der Waals surface area (Å²) in [6.07, 6.45) is 1.28. The number of hydrogen-bond donors (Lipinski definition) is 1. The number of halogens is 1. The van der Waals surface area contributed by atoms with Crippen molar-refractivity contribution in [2.24, 2.45) is 0 Å². The van der Waals surface area contributed by atoms with E-state index in [1.807, 2.05) is 23.6 Å². The summed E-state index contributed by atoms with van der Waals surface area (Å²) >= 11 is 5.02. The van der Waals surface area contributed by atoms with E-state index in [1.54, 1.807) is 23.5 Å². The van der Waals surface area contributed by atoms with Crippen LogP contribution < -0.4 is 5.73 Å². The van der Waals surface area contributed by atoms with Gasteiger partial charge in [0.2, 0.25) is 0 Å². The van der Waals surface area contributed by atoms with Crippen molar-refractivity contribution < 1.29 is 4.79 Å². The van der Waals surface area contributed by atoms with E-state index < -0.39 is 0 Å². The fraction of sp³-hybridized carbons (Fsp3) is 0.154. The Balaban J connectivity index is 2.07. The van der Waals surface area contributed by atoms with Gasteiger partial charge >= 0.3 is 0 Å². The molecule has 0 unspecified atom stereocenters.